The van der Waals surface area contributed by atoms with Crippen LogP contribution in [-0.4, -0.2) is 45.8 Å². The summed E-state index contributed by atoms with van der Waals surface area (Å²) in [6.45, 7) is 3.83. The number of carbonyl (C=O) groups excluding carboxylic acids is 2. The van der Waals surface area contributed by atoms with E-state index in [-0.39, 0.29) is 17.4 Å². The molecule has 0 spiro atoms. The predicted molar refractivity (Wildman–Crippen MR) is 152 cm³/mol. The first-order valence-electron chi connectivity index (χ1n) is 12.1. The monoisotopic (exact) mass is 565 g/mol. The molecule has 1 unspecified atom stereocenters. The van der Waals surface area contributed by atoms with Crippen LogP contribution in [0.2, 0.25) is 0 Å². The molecule has 40 heavy (non-hydrogen) atoms. The number of hydrogen-bond donors (Lipinski definition) is 2. The number of hydrogen-bond acceptors (Lipinski definition) is 9. The molecule has 0 aliphatic carbocycles. The zero-order valence-corrected chi connectivity index (χ0v) is 22.5. The number of non-ortho nitro benzene ring substituents is 2. The van der Waals surface area contributed by atoms with Crippen molar-refractivity contribution in [1.29, 1.82) is 0 Å². The first kappa shape index (κ1) is 29.8. The van der Waals surface area contributed by atoms with Crippen molar-refractivity contribution in [2.75, 3.05) is 5.75 Å². The molecular formula is C27H27N5O7S. The van der Waals surface area contributed by atoms with Gasteiger partial charge in [-0.25, -0.2) is 5.43 Å². The van der Waals surface area contributed by atoms with Gasteiger partial charge in [-0.2, -0.15) is 16.9 Å². The third-order valence-corrected chi connectivity index (χ3v) is 6.35. The number of nitrogens with zero attached hydrogens (tertiary/aromatic N) is 3. The molecule has 0 aliphatic rings. The molecule has 0 bridgehead atoms. The lowest BCUT2D eigenvalue weighted by atomic mass is 10.1. The second-order valence-electron chi connectivity index (χ2n) is 8.75. The van der Waals surface area contributed by atoms with Crippen LogP contribution in [0.3, 0.4) is 0 Å². The van der Waals surface area contributed by atoms with Crippen molar-refractivity contribution in [3.63, 3.8) is 0 Å². The Balaban J connectivity index is 1.73. The predicted octanol–water partition coefficient (Wildman–Crippen LogP) is 4.47. The molecule has 3 rings (SSSR count). The lowest BCUT2D eigenvalue weighted by Crippen LogP contribution is -2.47. The summed E-state index contributed by atoms with van der Waals surface area (Å²) in [6.07, 6.45) is 1.45. The largest absolute Gasteiger partial charge is 0.491 e. The van der Waals surface area contributed by atoms with Gasteiger partial charge >= 0.3 is 0 Å². The van der Waals surface area contributed by atoms with Crippen LogP contribution in [0.15, 0.2) is 77.9 Å². The van der Waals surface area contributed by atoms with Crippen molar-refractivity contribution in [3.8, 4) is 5.75 Å². The molecule has 3 aromatic rings. The Labute approximate surface area is 234 Å². The lowest BCUT2D eigenvalue weighted by molar-refractivity contribution is -0.394. The van der Waals surface area contributed by atoms with Crippen molar-refractivity contribution < 1.29 is 24.2 Å². The van der Waals surface area contributed by atoms with E-state index in [1.165, 1.54) is 18.0 Å². The van der Waals surface area contributed by atoms with Gasteiger partial charge in [0.15, 0.2) is 0 Å². The van der Waals surface area contributed by atoms with Gasteiger partial charge in [0.2, 0.25) is 0 Å². The Morgan fingerprint density at radius 3 is 2.17 bits per heavy atom. The van der Waals surface area contributed by atoms with E-state index in [0.29, 0.717) is 17.1 Å². The number of rotatable bonds is 13. The highest BCUT2D eigenvalue weighted by Crippen LogP contribution is 2.23. The number of carbonyl (C=O) groups is 2. The molecule has 1 atom stereocenters. The van der Waals surface area contributed by atoms with Gasteiger partial charge in [0.1, 0.15) is 11.8 Å². The fourth-order valence-corrected chi connectivity index (χ4v) is 4.40. The maximum atomic E-state index is 13.0. The zero-order valence-electron chi connectivity index (χ0n) is 21.7. The summed E-state index contributed by atoms with van der Waals surface area (Å²) in [5, 5.41) is 28.9. The number of nitro benzene ring substituents is 2. The van der Waals surface area contributed by atoms with E-state index in [2.05, 4.69) is 15.8 Å². The van der Waals surface area contributed by atoms with Gasteiger partial charge in [-0.15, -0.1) is 0 Å². The summed E-state index contributed by atoms with van der Waals surface area (Å²) in [4.78, 5) is 46.7. The Kier molecular flexibility index (Phi) is 10.7. The van der Waals surface area contributed by atoms with E-state index in [4.69, 9.17) is 4.74 Å². The lowest BCUT2D eigenvalue weighted by Gasteiger charge is -2.17. The normalized spacial score (nSPS) is 11.7. The fourth-order valence-electron chi connectivity index (χ4n) is 3.38. The quantitative estimate of drug-likeness (QED) is 0.174. The summed E-state index contributed by atoms with van der Waals surface area (Å²) in [7, 11) is 0. The Morgan fingerprint density at radius 2 is 1.60 bits per heavy atom. The van der Waals surface area contributed by atoms with Crippen LogP contribution in [0.1, 0.15) is 35.3 Å². The van der Waals surface area contributed by atoms with E-state index in [1.54, 1.807) is 24.3 Å². The Bertz CT molecular complexity index is 1350. The number of ether oxygens (including phenoxy) is 1. The van der Waals surface area contributed by atoms with Gasteiger partial charge in [-0.05, 0) is 49.2 Å². The molecule has 0 saturated carbocycles. The highest BCUT2D eigenvalue weighted by atomic mass is 32.2. The van der Waals surface area contributed by atoms with E-state index >= 15 is 0 Å². The summed E-state index contributed by atoms with van der Waals surface area (Å²) in [5.41, 5.74) is 2.55. The maximum Gasteiger partial charge on any atom is 0.277 e. The molecular weight excluding hydrogens is 538 g/mol. The maximum absolute atomic E-state index is 13.0. The van der Waals surface area contributed by atoms with Crippen LogP contribution < -0.4 is 15.5 Å². The molecule has 13 heteroatoms. The van der Waals surface area contributed by atoms with Crippen LogP contribution in [0.4, 0.5) is 11.4 Å². The van der Waals surface area contributed by atoms with Crippen molar-refractivity contribution in [1.82, 2.24) is 10.7 Å². The Morgan fingerprint density at radius 1 is 0.975 bits per heavy atom. The molecule has 0 aromatic heterocycles. The summed E-state index contributed by atoms with van der Waals surface area (Å²) in [6, 6.07) is 18.0. The second-order valence-corrected chi connectivity index (χ2v) is 9.78. The molecule has 2 N–H and O–H groups in total. The summed E-state index contributed by atoms with van der Waals surface area (Å²) < 4.78 is 5.60. The van der Waals surface area contributed by atoms with Crippen LogP contribution in [0.5, 0.6) is 5.75 Å². The molecule has 12 nitrogen and oxygen atoms in total. The minimum absolute atomic E-state index is 0.0267. The molecule has 208 valence electrons. The highest BCUT2D eigenvalue weighted by molar-refractivity contribution is 7.98. The SMILES string of the molecule is CC(C)Oc1ccc(C=NNC(=O)C(CSCc2ccccc2)NC(=O)c2cc([N+](=O)[O-])cc([N+](=O)[O-])c2)cc1. The van der Waals surface area contributed by atoms with Gasteiger partial charge in [-0.1, -0.05) is 30.3 Å². The van der Waals surface area contributed by atoms with E-state index in [0.717, 1.165) is 23.8 Å². The average molecular weight is 566 g/mol. The summed E-state index contributed by atoms with van der Waals surface area (Å²) >= 11 is 1.37. The van der Waals surface area contributed by atoms with Gasteiger partial charge in [0, 0.05) is 23.6 Å². The number of hydrazone groups is 1. The molecule has 0 heterocycles. The number of nitro groups is 2. The van der Waals surface area contributed by atoms with E-state index < -0.39 is 39.1 Å². The molecule has 2 amide bonds. The molecule has 3 aromatic carbocycles. The number of amides is 2. The first-order valence-corrected chi connectivity index (χ1v) is 13.2. The fraction of sp³-hybridized carbons (Fsp3) is 0.222. The summed E-state index contributed by atoms with van der Waals surface area (Å²) in [5.74, 6) is -0.130. The standard InChI is InChI=1S/C27H27N5O7S/c1-18(2)39-24-10-8-19(9-11-24)15-28-30-27(34)25(17-40-16-20-6-4-3-5-7-20)29-26(33)21-12-22(31(35)36)14-23(13-21)32(37)38/h3-15,18,25H,16-17H2,1-2H3,(H,29,33)(H,30,34). The van der Waals surface area contributed by atoms with Crippen LogP contribution >= 0.6 is 11.8 Å². The Hall–Kier alpha value is -4.78. The van der Waals surface area contributed by atoms with Gasteiger partial charge < -0.3 is 10.1 Å². The molecule has 0 aliphatic heterocycles. The third-order valence-electron chi connectivity index (χ3n) is 5.24. The highest BCUT2D eigenvalue weighted by Gasteiger charge is 2.25. The van der Waals surface area contributed by atoms with E-state index in [9.17, 15) is 29.8 Å². The molecule has 0 saturated heterocycles. The number of nitrogens with one attached hydrogen (secondary N) is 2. The topological polar surface area (TPSA) is 166 Å². The van der Waals surface area contributed by atoms with Gasteiger partial charge in [0.05, 0.1) is 33.8 Å². The molecule has 0 radical (unpaired) electrons. The van der Waals surface area contributed by atoms with Crippen LogP contribution in [0.25, 0.3) is 0 Å². The van der Waals surface area contributed by atoms with Gasteiger partial charge in [0.25, 0.3) is 23.2 Å². The van der Waals surface area contributed by atoms with Crippen molar-refractivity contribution in [3.05, 3.63) is 110 Å². The number of benzene rings is 3. The third kappa shape index (κ3) is 9.20. The smallest absolute Gasteiger partial charge is 0.277 e. The average Bonchev–Trinajstić information content (AvgIpc) is 2.93. The van der Waals surface area contributed by atoms with Crippen molar-refractivity contribution in [2.24, 2.45) is 5.10 Å². The van der Waals surface area contributed by atoms with Crippen LogP contribution in [-0.2, 0) is 10.5 Å². The minimum atomic E-state index is -1.10. The van der Waals surface area contributed by atoms with Crippen LogP contribution in [0, 0.1) is 20.2 Å². The molecule has 0 fully saturated rings. The zero-order chi connectivity index (χ0) is 29.1. The number of thioether (sulfide) groups is 1. The second kappa shape index (κ2) is 14.4. The first-order chi connectivity index (χ1) is 19.1. The van der Waals surface area contributed by atoms with Crippen molar-refractivity contribution in [2.45, 2.75) is 31.7 Å². The van der Waals surface area contributed by atoms with E-state index in [1.807, 2.05) is 44.2 Å². The van der Waals surface area contributed by atoms with Gasteiger partial charge in [-0.3, -0.25) is 29.8 Å². The van der Waals surface area contributed by atoms with Crippen molar-refractivity contribution >= 4 is 41.2 Å². The minimum Gasteiger partial charge on any atom is -0.491 e.